The lowest BCUT2D eigenvalue weighted by Gasteiger charge is -2.31. The van der Waals surface area contributed by atoms with Gasteiger partial charge in [0.25, 0.3) is 0 Å². The van der Waals surface area contributed by atoms with Crippen molar-refractivity contribution in [1.29, 1.82) is 10.8 Å². The first-order chi connectivity index (χ1) is 66.8. The second-order valence-electron chi connectivity index (χ2n) is 36.6. The maximum Gasteiger partial charge on any atom is 0.245 e. The highest BCUT2D eigenvalue weighted by Crippen LogP contribution is 2.24. The van der Waals surface area contributed by atoms with Crippen LogP contribution in [-0.2, 0) is 102 Å². The largest absolute Gasteiger partial charge is 0.508 e. The molecular weight excluding hydrogens is 1830 g/mol. The van der Waals surface area contributed by atoms with Crippen molar-refractivity contribution in [3.8, 4) is 23.0 Å². The number of aromatic hydroxyl groups is 4. The van der Waals surface area contributed by atoms with Gasteiger partial charge in [-0.05, 0) is 191 Å². The molecule has 1 aliphatic rings. The van der Waals surface area contributed by atoms with E-state index in [0.717, 1.165) is 0 Å². The minimum Gasteiger partial charge on any atom is -0.508 e. The van der Waals surface area contributed by atoms with Gasteiger partial charge in [0.05, 0.1) is 19.1 Å². The van der Waals surface area contributed by atoms with Crippen molar-refractivity contribution >= 4 is 106 Å². The van der Waals surface area contributed by atoms with Crippen molar-refractivity contribution in [2.75, 3.05) is 39.3 Å². The number of guanidine groups is 2. The van der Waals surface area contributed by atoms with Crippen molar-refractivity contribution in [1.82, 2.24) is 84.7 Å². The van der Waals surface area contributed by atoms with Crippen LogP contribution >= 0.6 is 0 Å². The molecule has 34 N–H and O–H groups in total. The second-order valence-corrected chi connectivity index (χ2v) is 36.6. The molecule has 4 aromatic carbocycles. The number of carbonyl (C=O) groups excluding carboxylic acids is 16. The minimum atomic E-state index is -1.82. The Balaban J connectivity index is 1.31. The lowest BCUT2D eigenvalue weighted by molar-refractivity contribution is -0.140. The van der Waals surface area contributed by atoms with Crippen molar-refractivity contribution in [3.63, 3.8) is 0 Å². The first-order valence-electron chi connectivity index (χ1n) is 48.0. The summed E-state index contributed by atoms with van der Waals surface area (Å²) < 4.78 is 0. The first-order valence-corrected chi connectivity index (χ1v) is 48.0. The van der Waals surface area contributed by atoms with E-state index in [9.17, 15) is 92.7 Å². The maximum atomic E-state index is 15.1. The average molecular weight is 1970 g/mol. The SMILES string of the molecule is CC[C@H](C)[C@H](NC(=O)[C@H](Cc1ccc(O)cc1)NC(=O)CCCCCNC(=O)[C@H](CCCCN)NC(=O)[C@H](CO)NC(=O)[C@@H]1CCCN1C(=O)[C@@H](N)Cc1ccc(O)cc1)C(=O)N[C@@H](CC(N)=O)C(=O)N[C@@H](CC(C)C)C(=O)N[C@H](C(=O)N[C@@H](Cc1ccc(O)cc1)C(=O)N[C@@H](CCCNC(=N)N)C(=O)N[C@@H](CC(C)C)C(=O)N[C@@H](CCCNC(=N)N)C(=O)N[C@@H](Cc1ccc(O)cc1)C(N)=O)[C@@H](C)CC. The van der Waals surface area contributed by atoms with Crippen molar-refractivity contribution in [3.05, 3.63) is 119 Å². The van der Waals surface area contributed by atoms with E-state index < -0.39 is 210 Å². The molecule has 5 rings (SSSR count). The molecule has 16 atom stereocenters. The van der Waals surface area contributed by atoms with Gasteiger partial charge in [-0.15, -0.1) is 0 Å². The zero-order chi connectivity index (χ0) is 105. The Morgan fingerprint density at radius 3 is 1.16 bits per heavy atom. The monoisotopic (exact) mass is 1970 g/mol. The Morgan fingerprint density at radius 2 is 0.745 bits per heavy atom. The van der Waals surface area contributed by atoms with Crippen molar-refractivity contribution < 1.29 is 102 Å². The van der Waals surface area contributed by atoms with Crippen LogP contribution < -0.4 is 114 Å². The topological polar surface area (TPSA) is 762 Å². The van der Waals surface area contributed by atoms with Crippen LogP contribution in [-0.4, -0.2) is 261 Å². The number of amides is 16. The van der Waals surface area contributed by atoms with Crippen LogP contribution in [0.5, 0.6) is 23.0 Å². The van der Waals surface area contributed by atoms with Gasteiger partial charge in [0.2, 0.25) is 94.5 Å². The van der Waals surface area contributed by atoms with Crippen molar-refractivity contribution in [2.24, 2.45) is 58.1 Å². The van der Waals surface area contributed by atoms with Gasteiger partial charge in [0, 0.05) is 51.9 Å². The summed E-state index contributed by atoms with van der Waals surface area (Å²) in [7, 11) is 0. The lowest BCUT2D eigenvalue weighted by Crippen LogP contribution is -2.62. The zero-order valence-electron chi connectivity index (χ0n) is 81.6. The highest BCUT2D eigenvalue weighted by atomic mass is 16.3. The number of likely N-dealkylation sites (tertiary alicyclic amines) is 1. The second kappa shape index (κ2) is 60.8. The molecule has 0 aromatic heterocycles. The summed E-state index contributed by atoms with van der Waals surface area (Å²) in [4.78, 5) is 229. The normalized spacial score (nSPS) is 15.5. The number of nitrogens with zero attached hydrogens (tertiary/aromatic N) is 1. The number of phenolic OH excluding ortho intramolecular Hbond substituents is 4. The van der Waals surface area contributed by atoms with Crippen molar-refractivity contribution in [2.45, 2.75) is 281 Å². The molecule has 778 valence electrons. The summed E-state index contributed by atoms with van der Waals surface area (Å²) >= 11 is 0. The highest BCUT2D eigenvalue weighted by Gasteiger charge is 2.42. The van der Waals surface area contributed by atoms with Gasteiger partial charge in [-0.3, -0.25) is 87.5 Å². The Morgan fingerprint density at radius 1 is 0.390 bits per heavy atom. The Hall–Kier alpha value is -14.0. The molecule has 45 nitrogen and oxygen atoms in total. The molecule has 0 unspecified atom stereocenters. The number of hydrogen-bond acceptors (Lipinski definition) is 25. The summed E-state index contributed by atoms with van der Waals surface area (Å²) in [6, 6.07) is 3.72. The van der Waals surface area contributed by atoms with Gasteiger partial charge in [-0.1, -0.05) is 123 Å². The zero-order valence-corrected chi connectivity index (χ0v) is 81.6. The summed E-state index contributed by atoms with van der Waals surface area (Å²) in [5.41, 5.74) is 36.7. The number of primary amides is 2. The molecule has 1 heterocycles. The van der Waals surface area contributed by atoms with Crippen LogP contribution in [0.1, 0.15) is 193 Å². The van der Waals surface area contributed by atoms with Crippen LogP contribution in [0.2, 0.25) is 0 Å². The molecule has 45 heteroatoms. The van der Waals surface area contributed by atoms with Crippen LogP contribution in [0, 0.1) is 34.5 Å². The molecule has 0 radical (unpaired) electrons. The highest BCUT2D eigenvalue weighted by molar-refractivity contribution is 6.01. The number of rotatable bonds is 63. The standard InChI is InChI=1S/C96H148N24O21/c1-9-55(7)79(92(139)115-73(50-60-30-38-64(125)39-31-60)86(133)111-68(21-17-43-107-96(103)104)84(131)113-70(45-53(3)4)85(132)110-67(20-16-42-106-95(101)102)83(130)112-69(81(100)128)48-58-26-34-62(123)35-27-58)118-88(135)71(46-54(5)6)114-87(134)74(51-77(99)126)116-93(140)80(56(8)10-2)119-89(136)72(49-59-28-36-63(124)37-29-59)108-78(127)23-12-11-15-41-105-82(129)66(19-13-14-40-97)109-90(137)75(52-121)117-91(138)76-22-18-44-120(76)94(141)65(98)47-57-24-32-61(122)33-25-57/h24-39,53-56,65-76,79-80,121-125H,9-23,40-52,97-98H2,1-8H3,(H2,99,126)(H2,100,128)(H,105,129)(H,108,127)(H,109,137)(H,110,132)(H,111,133)(H,112,130)(H,113,131)(H,114,134)(H,115,139)(H,116,140)(H,117,138)(H,118,135)(H,119,136)(H4,101,102,106)(H4,103,104,107)/t55-,56-,65-,66-,67-,68-,69-,70-,71-,72-,73-,74-,75-,76-,79-,80-/m0/s1. The molecule has 0 spiro atoms. The molecule has 1 saturated heterocycles. The molecule has 16 amide bonds. The van der Waals surface area contributed by atoms with E-state index in [-0.39, 0.29) is 176 Å². The predicted octanol–water partition coefficient (Wildman–Crippen LogP) is -2.21. The fraction of sp³-hybridized carbons (Fsp3) is 0.562. The third kappa shape index (κ3) is 42.3. The van der Waals surface area contributed by atoms with Crippen LogP contribution in [0.4, 0.5) is 0 Å². The fourth-order valence-corrected chi connectivity index (χ4v) is 15.6. The number of benzene rings is 4. The molecule has 0 aliphatic carbocycles. The number of nitrogens with one attached hydrogen (secondary N) is 17. The van der Waals surface area contributed by atoms with Crippen LogP contribution in [0.15, 0.2) is 97.1 Å². The molecule has 0 saturated carbocycles. The number of aliphatic hydroxyl groups excluding tert-OH is 1. The van der Waals surface area contributed by atoms with E-state index in [2.05, 4.69) is 79.8 Å². The van der Waals surface area contributed by atoms with Gasteiger partial charge in [-0.25, -0.2) is 0 Å². The summed E-state index contributed by atoms with van der Waals surface area (Å²) in [5.74, 6) is -16.9. The molecule has 4 aromatic rings. The van der Waals surface area contributed by atoms with E-state index in [1.165, 1.54) is 89.8 Å². The van der Waals surface area contributed by atoms with Gasteiger partial charge < -0.3 is 145 Å². The van der Waals surface area contributed by atoms with E-state index >= 15 is 9.59 Å². The number of carbonyl (C=O) groups is 16. The van der Waals surface area contributed by atoms with E-state index in [0.29, 0.717) is 54.4 Å². The molecule has 0 bridgehead atoms. The Kier molecular flexibility index (Phi) is 50.7. The molecule has 141 heavy (non-hydrogen) atoms. The van der Waals surface area contributed by atoms with Gasteiger partial charge in [0.1, 0.15) is 102 Å². The minimum absolute atomic E-state index is 0.00594. The third-order valence-corrected chi connectivity index (χ3v) is 23.9. The quantitative estimate of drug-likeness (QED) is 0.0127. The Labute approximate surface area is 821 Å². The first kappa shape index (κ1) is 118. The number of phenols is 4. The number of unbranched alkanes of at least 4 members (excludes halogenated alkanes) is 3. The lowest BCUT2D eigenvalue weighted by atomic mass is 9.95. The maximum absolute atomic E-state index is 15.1. The average Bonchev–Trinajstić information content (AvgIpc) is 1.75. The Bertz CT molecular complexity index is 4800. The van der Waals surface area contributed by atoms with E-state index in [4.69, 9.17) is 45.2 Å². The fourth-order valence-electron chi connectivity index (χ4n) is 15.6. The number of aliphatic hydroxyl groups is 1. The summed E-state index contributed by atoms with van der Waals surface area (Å²) in [6.07, 6.45) is 1.45. The number of nitrogens with two attached hydrogens (primary N) is 6. The van der Waals surface area contributed by atoms with Crippen LogP contribution in [0.25, 0.3) is 0 Å². The van der Waals surface area contributed by atoms with E-state index in [1.807, 2.05) is 0 Å². The smallest absolute Gasteiger partial charge is 0.245 e. The molecular formula is C96H148N24O21. The predicted molar refractivity (Wildman–Crippen MR) is 524 cm³/mol. The van der Waals surface area contributed by atoms with Gasteiger partial charge in [-0.2, -0.15) is 0 Å². The van der Waals surface area contributed by atoms with E-state index in [1.54, 1.807) is 67.5 Å². The number of hydrogen-bond donors (Lipinski definition) is 28. The van der Waals surface area contributed by atoms with Gasteiger partial charge in [0.15, 0.2) is 11.9 Å². The summed E-state index contributed by atoms with van der Waals surface area (Å²) in [6.45, 7) is 13.4. The third-order valence-electron chi connectivity index (χ3n) is 23.9. The molecule has 1 fully saturated rings. The van der Waals surface area contributed by atoms with Crippen LogP contribution in [0.3, 0.4) is 0 Å². The molecule has 1 aliphatic heterocycles. The summed E-state index contributed by atoms with van der Waals surface area (Å²) in [5, 5.41) is 106. The van der Waals surface area contributed by atoms with Gasteiger partial charge >= 0.3 is 0 Å².